The molecule has 1 unspecified atom stereocenters. The van der Waals surface area contributed by atoms with Gasteiger partial charge in [-0.05, 0) is 26.9 Å². The van der Waals surface area contributed by atoms with Crippen molar-refractivity contribution in [2.24, 2.45) is 5.92 Å². The molecule has 1 rings (SSSR count). The molecule has 1 aromatic heterocycles. The minimum absolute atomic E-state index is 0.112. The van der Waals surface area contributed by atoms with E-state index >= 15 is 0 Å². The Morgan fingerprint density at radius 2 is 2.00 bits per heavy atom. The highest BCUT2D eigenvalue weighted by molar-refractivity contribution is 5.40. The SMILES string of the molecule is Cc1ncc(CO)c(CNCC(C(C)C)N(C)C)c1O. The summed E-state index contributed by atoms with van der Waals surface area (Å²) >= 11 is 0. The van der Waals surface area contributed by atoms with Crippen molar-refractivity contribution < 1.29 is 10.2 Å². The minimum atomic E-state index is -0.112. The van der Waals surface area contributed by atoms with Crippen LogP contribution in [0.5, 0.6) is 5.75 Å². The highest BCUT2D eigenvalue weighted by Crippen LogP contribution is 2.23. The first-order chi connectivity index (χ1) is 9.38. The van der Waals surface area contributed by atoms with Crippen LogP contribution in [0.3, 0.4) is 0 Å². The van der Waals surface area contributed by atoms with E-state index in [1.54, 1.807) is 13.1 Å². The first kappa shape index (κ1) is 16.9. The van der Waals surface area contributed by atoms with E-state index in [0.717, 1.165) is 12.1 Å². The van der Waals surface area contributed by atoms with Crippen molar-refractivity contribution >= 4 is 0 Å². The van der Waals surface area contributed by atoms with Crippen molar-refractivity contribution in [2.75, 3.05) is 20.6 Å². The number of aromatic hydroxyl groups is 1. The molecule has 5 heteroatoms. The van der Waals surface area contributed by atoms with Gasteiger partial charge in [-0.15, -0.1) is 0 Å². The quantitative estimate of drug-likeness (QED) is 0.702. The number of hydrogen-bond acceptors (Lipinski definition) is 5. The Labute approximate surface area is 121 Å². The Bertz CT molecular complexity index is 425. The van der Waals surface area contributed by atoms with E-state index in [0.29, 0.717) is 29.8 Å². The third-order valence-corrected chi connectivity index (χ3v) is 3.69. The summed E-state index contributed by atoms with van der Waals surface area (Å²) in [5.74, 6) is 0.720. The Morgan fingerprint density at radius 1 is 1.35 bits per heavy atom. The van der Waals surface area contributed by atoms with Gasteiger partial charge in [0.05, 0.1) is 12.3 Å². The van der Waals surface area contributed by atoms with Crippen molar-refractivity contribution in [3.8, 4) is 5.75 Å². The van der Waals surface area contributed by atoms with Crippen LogP contribution >= 0.6 is 0 Å². The molecule has 0 saturated heterocycles. The van der Waals surface area contributed by atoms with Gasteiger partial charge in [0.15, 0.2) is 0 Å². The molecule has 0 aliphatic carbocycles. The molecule has 1 heterocycles. The summed E-state index contributed by atoms with van der Waals surface area (Å²) in [4.78, 5) is 6.26. The lowest BCUT2D eigenvalue weighted by atomic mass is 10.0. The summed E-state index contributed by atoms with van der Waals surface area (Å²) in [7, 11) is 4.14. The Balaban J connectivity index is 2.73. The first-order valence-electron chi connectivity index (χ1n) is 7.02. The number of likely N-dealkylation sites (N-methyl/N-ethyl adjacent to an activating group) is 1. The zero-order chi connectivity index (χ0) is 15.3. The lowest BCUT2D eigenvalue weighted by Crippen LogP contribution is -2.41. The lowest BCUT2D eigenvalue weighted by molar-refractivity contribution is 0.223. The number of aromatic nitrogens is 1. The van der Waals surface area contributed by atoms with Crippen LogP contribution in [-0.4, -0.2) is 46.8 Å². The fourth-order valence-corrected chi connectivity index (χ4v) is 2.38. The van der Waals surface area contributed by atoms with Gasteiger partial charge in [0.25, 0.3) is 0 Å². The number of nitrogens with one attached hydrogen (secondary N) is 1. The van der Waals surface area contributed by atoms with Crippen molar-refractivity contribution in [2.45, 2.75) is 40.0 Å². The van der Waals surface area contributed by atoms with Gasteiger partial charge < -0.3 is 20.4 Å². The second kappa shape index (κ2) is 7.57. The number of hydrogen-bond donors (Lipinski definition) is 3. The molecule has 1 aromatic rings. The molecule has 0 spiro atoms. The number of pyridine rings is 1. The normalized spacial score (nSPS) is 13.2. The molecule has 0 fully saturated rings. The van der Waals surface area contributed by atoms with Gasteiger partial charge in [0, 0.05) is 36.5 Å². The minimum Gasteiger partial charge on any atom is -0.506 e. The van der Waals surface area contributed by atoms with E-state index in [9.17, 15) is 10.2 Å². The number of aliphatic hydroxyl groups is 1. The summed E-state index contributed by atoms with van der Waals surface area (Å²) in [5, 5.41) is 22.8. The summed E-state index contributed by atoms with van der Waals surface area (Å²) in [6.45, 7) is 7.40. The van der Waals surface area contributed by atoms with E-state index in [4.69, 9.17) is 0 Å². The molecule has 3 N–H and O–H groups in total. The zero-order valence-electron chi connectivity index (χ0n) is 13.1. The van der Waals surface area contributed by atoms with Gasteiger partial charge >= 0.3 is 0 Å². The van der Waals surface area contributed by atoms with Gasteiger partial charge in [0.1, 0.15) is 5.75 Å². The summed E-state index contributed by atoms with van der Waals surface area (Å²) < 4.78 is 0. The van der Waals surface area contributed by atoms with Gasteiger partial charge in [-0.2, -0.15) is 0 Å². The maximum absolute atomic E-state index is 10.1. The summed E-state index contributed by atoms with van der Waals surface area (Å²) in [6, 6.07) is 0.428. The topological polar surface area (TPSA) is 68.6 Å². The Morgan fingerprint density at radius 3 is 2.50 bits per heavy atom. The van der Waals surface area contributed by atoms with Crippen LogP contribution in [0.4, 0.5) is 0 Å². The van der Waals surface area contributed by atoms with Crippen molar-refractivity contribution in [1.29, 1.82) is 0 Å². The second-order valence-corrected chi connectivity index (χ2v) is 5.76. The zero-order valence-corrected chi connectivity index (χ0v) is 13.1. The highest BCUT2D eigenvalue weighted by atomic mass is 16.3. The molecule has 0 aromatic carbocycles. The maximum atomic E-state index is 10.1. The average Bonchev–Trinajstić information content (AvgIpc) is 2.38. The molecule has 0 bridgehead atoms. The van der Waals surface area contributed by atoms with Crippen LogP contribution in [0.1, 0.15) is 30.7 Å². The fraction of sp³-hybridized carbons (Fsp3) is 0.667. The standard InChI is InChI=1S/C15H27N3O2/c1-10(2)14(18(4)5)8-16-7-13-12(9-19)6-17-11(3)15(13)20/h6,10,14,16,19-20H,7-9H2,1-5H3. The molecule has 0 radical (unpaired) electrons. The van der Waals surface area contributed by atoms with Crippen molar-refractivity contribution in [1.82, 2.24) is 15.2 Å². The summed E-state index contributed by atoms with van der Waals surface area (Å²) in [6.07, 6.45) is 1.62. The molecule has 0 aliphatic rings. The maximum Gasteiger partial charge on any atom is 0.141 e. The van der Waals surface area contributed by atoms with E-state index in [1.165, 1.54) is 0 Å². The predicted molar refractivity (Wildman–Crippen MR) is 80.6 cm³/mol. The van der Waals surface area contributed by atoms with Crippen molar-refractivity contribution in [3.05, 3.63) is 23.0 Å². The molecule has 1 atom stereocenters. The number of aliphatic hydroxyl groups excluding tert-OH is 1. The molecular weight excluding hydrogens is 254 g/mol. The molecule has 0 aliphatic heterocycles. The molecule has 114 valence electrons. The van der Waals surface area contributed by atoms with E-state index in [2.05, 4.69) is 43.1 Å². The number of rotatable bonds is 7. The molecular formula is C15H27N3O2. The van der Waals surface area contributed by atoms with Crippen molar-refractivity contribution in [3.63, 3.8) is 0 Å². The van der Waals surface area contributed by atoms with Gasteiger partial charge in [-0.25, -0.2) is 0 Å². The van der Waals surface area contributed by atoms with Gasteiger partial charge in [0.2, 0.25) is 0 Å². The fourth-order valence-electron chi connectivity index (χ4n) is 2.38. The Kier molecular flexibility index (Phi) is 6.39. The molecule has 0 amide bonds. The van der Waals surface area contributed by atoms with Crippen LogP contribution in [0.15, 0.2) is 6.20 Å². The number of aryl methyl sites for hydroxylation is 1. The molecule has 20 heavy (non-hydrogen) atoms. The molecule has 0 saturated carbocycles. The van der Waals surface area contributed by atoms with Crippen LogP contribution < -0.4 is 5.32 Å². The highest BCUT2D eigenvalue weighted by Gasteiger charge is 2.16. The lowest BCUT2D eigenvalue weighted by Gasteiger charge is -2.28. The monoisotopic (exact) mass is 281 g/mol. The van der Waals surface area contributed by atoms with E-state index in [1.807, 2.05) is 0 Å². The third kappa shape index (κ3) is 4.16. The number of nitrogens with zero attached hydrogens (tertiary/aromatic N) is 2. The predicted octanol–water partition coefficient (Wildman–Crippen LogP) is 1.26. The van der Waals surface area contributed by atoms with E-state index in [-0.39, 0.29) is 12.4 Å². The largest absolute Gasteiger partial charge is 0.506 e. The second-order valence-electron chi connectivity index (χ2n) is 5.76. The first-order valence-corrected chi connectivity index (χ1v) is 7.02. The van der Waals surface area contributed by atoms with Crippen LogP contribution in [-0.2, 0) is 13.2 Å². The average molecular weight is 281 g/mol. The summed E-state index contributed by atoms with van der Waals surface area (Å²) in [5.41, 5.74) is 2.00. The molecule has 5 nitrogen and oxygen atoms in total. The third-order valence-electron chi connectivity index (χ3n) is 3.69. The van der Waals surface area contributed by atoms with Crippen LogP contribution in [0.25, 0.3) is 0 Å². The van der Waals surface area contributed by atoms with Gasteiger partial charge in [-0.1, -0.05) is 13.8 Å². The van der Waals surface area contributed by atoms with Crippen LogP contribution in [0, 0.1) is 12.8 Å². The Hall–Kier alpha value is -1.17. The smallest absolute Gasteiger partial charge is 0.141 e. The van der Waals surface area contributed by atoms with Gasteiger partial charge in [-0.3, -0.25) is 4.98 Å². The van der Waals surface area contributed by atoms with Crippen LogP contribution in [0.2, 0.25) is 0 Å². The van der Waals surface area contributed by atoms with E-state index < -0.39 is 0 Å².